The molecule has 0 aromatic heterocycles. The summed E-state index contributed by atoms with van der Waals surface area (Å²) in [6.45, 7) is 2.68. The highest BCUT2D eigenvalue weighted by atomic mass is 16.2. The van der Waals surface area contributed by atoms with E-state index in [9.17, 15) is 4.79 Å². The number of aryl methyl sites for hydroxylation is 1. The third kappa shape index (κ3) is 3.04. The molecule has 1 fully saturated rings. The van der Waals surface area contributed by atoms with Gasteiger partial charge in [0.2, 0.25) is 5.91 Å². The van der Waals surface area contributed by atoms with Crippen molar-refractivity contribution in [1.82, 2.24) is 5.32 Å². The van der Waals surface area contributed by atoms with Gasteiger partial charge < -0.3 is 11.1 Å². The number of hydrogen-bond acceptors (Lipinski definition) is 2. The molecule has 3 nitrogen and oxygen atoms in total. The minimum absolute atomic E-state index is 0.106. The average molecular weight is 294 g/mol. The lowest BCUT2D eigenvalue weighted by Crippen LogP contribution is -2.38. The number of nitrogens with one attached hydrogen (secondary N) is 1. The van der Waals surface area contributed by atoms with Crippen LogP contribution in [-0.2, 0) is 10.2 Å². The second-order valence-electron chi connectivity index (χ2n) is 6.25. The van der Waals surface area contributed by atoms with Crippen LogP contribution in [0.25, 0.3) is 0 Å². The summed E-state index contributed by atoms with van der Waals surface area (Å²) in [5.74, 6) is -0.106. The molecule has 22 heavy (non-hydrogen) atoms. The molecule has 1 atom stereocenters. The predicted octanol–water partition coefficient (Wildman–Crippen LogP) is 2.84. The van der Waals surface area contributed by atoms with Crippen LogP contribution in [0.1, 0.15) is 35.6 Å². The van der Waals surface area contributed by atoms with Crippen LogP contribution in [0, 0.1) is 6.92 Å². The molecule has 2 aromatic rings. The van der Waals surface area contributed by atoms with E-state index in [0.29, 0.717) is 6.54 Å². The van der Waals surface area contributed by atoms with E-state index in [1.165, 1.54) is 5.56 Å². The van der Waals surface area contributed by atoms with Gasteiger partial charge in [0.1, 0.15) is 6.04 Å². The lowest BCUT2D eigenvalue weighted by molar-refractivity contribution is -0.122. The predicted molar refractivity (Wildman–Crippen MR) is 88.5 cm³/mol. The molecule has 0 spiro atoms. The van der Waals surface area contributed by atoms with Crippen LogP contribution in [0.4, 0.5) is 0 Å². The van der Waals surface area contributed by atoms with Crippen molar-refractivity contribution in [3.8, 4) is 0 Å². The number of nitrogens with two attached hydrogens (primary N) is 1. The van der Waals surface area contributed by atoms with E-state index in [1.807, 2.05) is 37.3 Å². The molecule has 114 valence electrons. The minimum atomic E-state index is -0.604. The van der Waals surface area contributed by atoms with E-state index in [4.69, 9.17) is 5.73 Å². The van der Waals surface area contributed by atoms with Gasteiger partial charge in [-0.3, -0.25) is 4.79 Å². The minimum Gasteiger partial charge on any atom is -0.354 e. The summed E-state index contributed by atoms with van der Waals surface area (Å²) in [7, 11) is 0. The first-order chi connectivity index (χ1) is 10.6. The highest BCUT2D eigenvalue weighted by Crippen LogP contribution is 2.47. The molecule has 0 heterocycles. The normalized spacial score (nSPS) is 16.8. The van der Waals surface area contributed by atoms with E-state index in [1.54, 1.807) is 0 Å². The molecule has 1 aliphatic rings. The van der Waals surface area contributed by atoms with E-state index < -0.39 is 6.04 Å². The molecule has 3 N–H and O–H groups in total. The monoisotopic (exact) mass is 294 g/mol. The number of carbonyl (C=O) groups excluding carboxylic acids is 1. The fourth-order valence-corrected chi connectivity index (χ4v) is 2.80. The summed E-state index contributed by atoms with van der Waals surface area (Å²) in [4.78, 5) is 12.3. The Kier molecular flexibility index (Phi) is 3.99. The second-order valence-corrected chi connectivity index (χ2v) is 6.25. The van der Waals surface area contributed by atoms with Crippen LogP contribution in [0.15, 0.2) is 54.6 Å². The Balaban J connectivity index is 1.62. The highest BCUT2D eigenvalue weighted by molar-refractivity contribution is 5.83. The fourth-order valence-electron chi connectivity index (χ4n) is 2.80. The first kappa shape index (κ1) is 14.8. The van der Waals surface area contributed by atoms with Crippen LogP contribution in [0.5, 0.6) is 0 Å². The number of carbonyl (C=O) groups is 1. The van der Waals surface area contributed by atoms with Gasteiger partial charge in [0.15, 0.2) is 0 Å². The van der Waals surface area contributed by atoms with Gasteiger partial charge in [0, 0.05) is 12.0 Å². The molecule has 0 radical (unpaired) electrons. The Hall–Kier alpha value is -2.13. The Labute approximate surface area is 131 Å². The summed E-state index contributed by atoms with van der Waals surface area (Å²) >= 11 is 0. The number of rotatable bonds is 5. The smallest absolute Gasteiger partial charge is 0.241 e. The molecule has 1 unspecified atom stereocenters. The molecule has 1 aliphatic carbocycles. The maximum absolute atomic E-state index is 12.3. The van der Waals surface area contributed by atoms with Gasteiger partial charge in [0.05, 0.1) is 0 Å². The van der Waals surface area contributed by atoms with Gasteiger partial charge in [-0.25, -0.2) is 0 Å². The van der Waals surface area contributed by atoms with Gasteiger partial charge in [-0.15, -0.1) is 0 Å². The van der Waals surface area contributed by atoms with Gasteiger partial charge in [-0.05, 0) is 30.9 Å². The average Bonchev–Trinajstić information content (AvgIpc) is 3.35. The second kappa shape index (κ2) is 5.93. The summed E-state index contributed by atoms with van der Waals surface area (Å²) in [5.41, 5.74) is 9.50. The van der Waals surface area contributed by atoms with Crippen molar-refractivity contribution in [1.29, 1.82) is 0 Å². The van der Waals surface area contributed by atoms with Gasteiger partial charge in [-0.2, -0.15) is 0 Å². The third-order valence-electron chi connectivity index (χ3n) is 4.56. The zero-order valence-electron chi connectivity index (χ0n) is 12.9. The van der Waals surface area contributed by atoms with Gasteiger partial charge in [0.25, 0.3) is 0 Å². The summed E-state index contributed by atoms with van der Waals surface area (Å²) in [5, 5.41) is 3.03. The molecule has 0 bridgehead atoms. The zero-order chi connectivity index (χ0) is 15.6. The molecule has 0 aliphatic heterocycles. The molecule has 1 saturated carbocycles. The van der Waals surface area contributed by atoms with Crippen LogP contribution in [0.3, 0.4) is 0 Å². The van der Waals surface area contributed by atoms with Crippen LogP contribution in [-0.4, -0.2) is 12.5 Å². The van der Waals surface area contributed by atoms with Gasteiger partial charge in [-0.1, -0.05) is 60.2 Å². The van der Waals surface area contributed by atoms with E-state index in [0.717, 1.165) is 24.0 Å². The number of benzene rings is 2. The van der Waals surface area contributed by atoms with Crippen molar-refractivity contribution in [2.24, 2.45) is 5.73 Å². The van der Waals surface area contributed by atoms with Crippen molar-refractivity contribution in [3.63, 3.8) is 0 Å². The third-order valence-corrected chi connectivity index (χ3v) is 4.56. The summed E-state index contributed by atoms with van der Waals surface area (Å²) < 4.78 is 0. The maximum Gasteiger partial charge on any atom is 0.241 e. The number of hydrogen-bond donors (Lipinski definition) is 2. The quantitative estimate of drug-likeness (QED) is 0.891. The van der Waals surface area contributed by atoms with Crippen molar-refractivity contribution >= 4 is 5.91 Å². The lowest BCUT2D eigenvalue weighted by atomic mass is 9.95. The Morgan fingerprint density at radius 1 is 1.14 bits per heavy atom. The maximum atomic E-state index is 12.3. The topological polar surface area (TPSA) is 55.1 Å². The highest BCUT2D eigenvalue weighted by Gasteiger charge is 2.44. The Morgan fingerprint density at radius 3 is 2.36 bits per heavy atom. The summed E-state index contributed by atoms with van der Waals surface area (Å²) in [6.07, 6.45) is 2.24. The Bertz CT molecular complexity index is 645. The first-order valence-corrected chi connectivity index (χ1v) is 7.76. The lowest BCUT2D eigenvalue weighted by Gasteiger charge is -2.19. The SMILES string of the molecule is Cc1ccc(C(N)C(=O)NCC2(c3ccccc3)CC2)cc1. The van der Waals surface area contributed by atoms with Crippen molar-refractivity contribution < 1.29 is 4.79 Å². The van der Waals surface area contributed by atoms with Crippen LogP contribution in [0.2, 0.25) is 0 Å². The van der Waals surface area contributed by atoms with Crippen molar-refractivity contribution in [2.45, 2.75) is 31.2 Å². The molecular formula is C19H22N2O. The largest absolute Gasteiger partial charge is 0.354 e. The molecule has 3 rings (SSSR count). The standard InChI is InChI=1S/C19H22N2O/c1-14-7-9-15(10-8-14)17(20)18(22)21-13-19(11-12-19)16-5-3-2-4-6-16/h2-10,17H,11-13,20H2,1H3,(H,21,22). The fraction of sp³-hybridized carbons (Fsp3) is 0.316. The zero-order valence-corrected chi connectivity index (χ0v) is 12.9. The number of amides is 1. The van der Waals surface area contributed by atoms with Gasteiger partial charge >= 0.3 is 0 Å². The first-order valence-electron chi connectivity index (χ1n) is 7.76. The summed E-state index contributed by atoms with van der Waals surface area (Å²) in [6, 6.07) is 17.6. The Morgan fingerprint density at radius 2 is 1.77 bits per heavy atom. The van der Waals surface area contributed by atoms with E-state index in [2.05, 4.69) is 29.6 Å². The van der Waals surface area contributed by atoms with Crippen LogP contribution >= 0.6 is 0 Å². The van der Waals surface area contributed by atoms with Crippen LogP contribution < -0.4 is 11.1 Å². The molecular weight excluding hydrogens is 272 g/mol. The molecule has 3 heteroatoms. The van der Waals surface area contributed by atoms with Crippen molar-refractivity contribution in [3.05, 3.63) is 71.3 Å². The van der Waals surface area contributed by atoms with E-state index in [-0.39, 0.29) is 11.3 Å². The molecule has 1 amide bonds. The molecule has 0 saturated heterocycles. The van der Waals surface area contributed by atoms with E-state index >= 15 is 0 Å². The molecule has 2 aromatic carbocycles. The van der Waals surface area contributed by atoms with Crippen molar-refractivity contribution in [2.75, 3.05) is 6.54 Å².